The fourth-order valence-electron chi connectivity index (χ4n) is 3.85. The SMILES string of the molecule is Cc1noc(C2CCN(Cc3nc4cc(-c5ccc(F)cc5)sc4c(=O)[nH]3)CC2)n1. The molecule has 0 radical (unpaired) electrons. The first-order valence-corrected chi connectivity index (χ1v) is 10.7. The molecule has 0 bridgehead atoms. The van der Waals surface area contributed by atoms with E-state index in [2.05, 4.69) is 25.0 Å². The van der Waals surface area contributed by atoms with Crippen LogP contribution >= 0.6 is 11.3 Å². The molecule has 1 aromatic carbocycles. The first kappa shape index (κ1) is 19.1. The van der Waals surface area contributed by atoms with Crippen LogP contribution in [0.25, 0.3) is 20.7 Å². The summed E-state index contributed by atoms with van der Waals surface area (Å²) in [4.78, 5) is 27.7. The van der Waals surface area contributed by atoms with Gasteiger partial charge in [-0.3, -0.25) is 9.69 Å². The summed E-state index contributed by atoms with van der Waals surface area (Å²) in [7, 11) is 0. The number of aromatic nitrogens is 4. The number of H-pyrrole nitrogens is 1. The van der Waals surface area contributed by atoms with Crippen LogP contribution in [0.5, 0.6) is 0 Å². The third-order valence-corrected chi connectivity index (χ3v) is 6.59. The molecule has 0 atom stereocenters. The molecule has 3 aromatic heterocycles. The zero-order chi connectivity index (χ0) is 20.7. The van der Waals surface area contributed by atoms with Crippen molar-refractivity contribution in [2.45, 2.75) is 32.2 Å². The summed E-state index contributed by atoms with van der Waals surface area (Å²) < 4.78 is 19.1. The van der Waals surface area contributed by atoms with Gasteiger partial charge in [0.15, 0.2) is 5.82 Å². The maximum absolute atomic E-state index is 13.2. The number of hydrogen-bond acceptors (Lipinski definition) is 7. The molecule has 1 aliphatic rings. The first-order chi connectivity index (χ1) is 14.5. The minimum Gasteiger partial charge on any atom is -0.339 e. The minimum atomic E-state index is -0.281. The zero-order valence-corrected chi connectivity index (χ0v) is 17.2. The molecule has 154 valence electrons. The maximum Gasteiger partial charge on any atom is 0.268 e. The molecule has 0 unspecified atom stereocenters. The number of thiophene rings is 1. The van der Waals surface area contributed by atoms with E-state index in [1.807, 2.05) is 13.0 Å². The highest BCUT2D eigenvalue weighted by molar-refractivity contribution is 7.22. The van der Waals surface area contributed by atoms with E-state index in [1.165, 1.54) is 23.5 Å². The van der Waals surface area contributed by atoms with Gasteiger partial charge in [-0.2, -0.15) is 4.98 Å². The van der Waals surface area contributed by atoms with Gasteiger partial charge in [0.2, 0.25) is 5.89 Å². The van der Waals surface area contributed by atoms with E-state index in [4.69, 9.17) is 4.52 Å². The van der Waals surface area contributed by atoms with Crippen molar-refractivity contribution in [1.82, 2.24) is 25.0 Å². The summed E-state index contributed by atoms with van der Waals surface area (Å²) in [5.41, 5.74) is 1.41. The smallest absolute Gasteiger partial charge is 0.268 e. The lowest BCUT2D eigenvalue weighted by Gasteiger charge is -2.29. The van der Waals surface area contributed by atoms with E-state index in [-0.39, 0.29) is 17.3 Å². The average molecular weight is 425 g/mol. The number of aryl methyl sites for hydroxylation is 1. The Bertz CT molecular complexity index is 1240. The van der Waals surface area contributed by atoms with E-state index in [0.717, 1.165) is 36.4 Å². The van der Waals surface area contributed by atoms with Crippen molar-refractivity contribution in [3.05, 3.63) is 64.0 Å². The highest BCUT2D eigenvalue weighted by atomic mass is 32.1. The van der Waals surface area contributed by atoms with Gasteiger partial charge >= 0.3 is 0 Å². The molecule has 4 heterocycles. The number of nitrogens with one attached hydrogen (secondary N) is 1. The van der Waals surface area contributed by atoms with Gasteiger partial charge in [-0.05, 0) is 56.6 Å². The average Bonchev–Trinajstić information content (AvgIpc) is 3.36. The molecule has 1 aliphatic heterocycles. The Balaban J connectivity index is 1.31. The normalized spacial score (nSPS) is 15.8. The van der Waals surface area contributed by atoms with Gasteiger partial charge in [0.1, 0.15) is 16.3 Å². The Hall–Kier alpha value is -2.91. The van der Waals surface area contributed by atoms with Crippen molar-refractivity contribution in [3.63, 3.8) is 0 Å². The van der Waals surface area contributed by atoms with Crippen molar-refractivity contribution in [2.24, 2.45) is 0 Å². The quantitative estimate of drug-likeness (QED) is 0.534. The van der Waals surface area contributed by atoms with E-state index < -0.39 is 0 Å². The standard InChI is InChI=1S/C21H20FN5O2S/c1-12-23-21(29-26-12)14-6-8-27(9-7-14)11-18-24-16-10-17(30-19(16)20(28)25-18)13-2-4-15(22)5-3-13/h2-5,10,14H,6-9,11H2,1H3,(H,24,25,28). The molecular formula is C21H20FN5O2S. The van der Waals surface area contributed by atoms with E-state index >= 15 is 0 Å². The van der Waals surface area contributed by atoms with Gasteiger partial charge in [-0.15, -0.1) is 11.3 Å². The number of benzene rings is 1. The lowest BCUT2D eigenvalue weighted by Crippen LogP contribution is -2.33. The summed E-state index contributed by atoms with van der Waals surface area (Å²) in [6.07, 6.45) is 1.86. The molecule has 1 saturated heterocycles. The Labute approximate surface area is 175 Å². The highest BCUT2D eigenvalue weighted by Crippen LogP contribution is 2.31. The Morgan fingerprint density at radius 2 is 2.00 bits per heavy atom. The van der Waals surface area contributed by atoms with E-state index in [1.54, 1.807) is 12.1 Å². The Morgan fingerprint density at radius 3 is 2.70 bits per heavy atom. The summed E-state index contributed by atoms with van der Waals surface area (Å²) in [5, 5.41) is 3.88. The van der Waals surface area contributed by atoms with Crippen LogP contribution < -0.4 is 5.56 Å². The second-order valence-corrected chi connectivity index (χ2v) is 8.63. The molecule has 0 spiro atoms. The Morgan fingerprint density at radius 1 is 1.23 bits per heavy atom. The monoisotopic (exact) mass is 425 g/mol. The number of likely N-dealkylation sites (tertiary alicyclic amines) is 1. The molecule has 30 heavy (non-hydrogen) atoms. The molecular weight excluding hydrogens is 405 g/mol. The van der Waals surface area contributed by atoms with Crippen LogP contribution in [0.15, 0.2) is 39.6 Å². The molecule has 0 aliphatic carbocycles. The van der Waals surface area contributed by atoms with Crippen LogP contribution in [-0.2, 0) is 6.54 Å². The fourth-order valence-corrected chi connectivity index (χ4v) is 4.85. The van der Waals surface area contributed by atoms with Crippen LogP contribution in [0.4, 0.5) is 4.39 Å². The first-order valence-electron chi connectivity index (χ1n) is 9.86. The molecule has 9 heteroatoms. The second-order valence-electron chi connectivity index (χ2n) is 7.57. The predicted octanol–water partition coefficient (Wildman–Crippen LogP) is 3.86. The van der Waals surface area contributed by atoms with Crippen molar-refractivity contribution < 1.29 is 8.91 Å². The van der Waals surface area contributed by atoms with Crippen LogP contribution in [0.3, 0.4) is 0 Å². The number of aromatic amines is 1. The van der Waals surface area contributed by atoms with Crippen LogP contribution in [0.1, 0.15) is 36.3 Å². The second kappa shape index (κ2) is 7.73. The third-order valence-electron chi connectivity index (χ3n) is 5.41. The van der Waals surface area contributed by atoms with Crippen LogP contribution in [-0.4, -0.2) is 38.1 Å². The number of rotatable bonds is 4. The summed E-state index contributed by atoms with van der Waals surface area (Å²) in [6.45, 7) is 4.16. The van der Waals surface area contributed by atoms with E-state index in [0.29, 0.717) is 34.3 Å². The fraction of sp³-hybridized carbons (Fsp3) is 0.333. The molecule has 7 nitrogen and oxygen atoms in total. The lowest BCUT2D eigenvalue weighted by molar-refractivity contribution is 0.184. The van der Waals surface area contributed by atoms with Gasteiger partial charge in [0.25, 0.3) is 5.56 Å². The number of halogens is 1. The van der Waals surface area contributed by atoms with Gasteiger partial charge in [-0.25, -0.2) is 9.37 Å². The molecule has 5 rings (SSSR count). The summed E-state index contributed by atoms with van der Waals surface area (Å²) in [5.74, 6) is 2.04. The molecule has 0 saturated carbocycles. The van der Waals surface area contributed by atoms with Gasteiger partial charge in [0.05, 0.1) is 12.1 Å². The van der Waals surface area contributed by atoms with Crippen LogP contribution in [0, 0.1) is 12.7 Å². The number of hydrogen-bond donors (Lipinski definition) is 1. The van der Waals surface area contributed by atoms with Crippen molar-refractivity contribution in [3.8, 4) is 10.4 Å². The largest absolute Gasteiger partial charge is 0.339 e. The minimum absolute atomic E-state index is 0.135. The predicted molar refractivity (Wildman–Crippen MR) is 112 cm³/mol. The van der Waals surface area contributed by atoms with E-state index in [9.17, 15) is 9.18 Å². The topological polar surface area (TPSA) is 87.9 Å². The van der Waals surface area contributed by atoms with Crippen LogP contribution in [0.2, 0.25) is 0 Å². The number of piperidine rings is 1. The third kappa shape index (κ3) is 3.78. The van der Waals surface area contributed by atoms with Crippen molar-refractivity contribution in [1.29, 1.82) is 0 Å². The number of fused-ring (bicyclic) bond motifs is 1. The van der Waals surface area contributed by atoms with Crippen molar-refractivity contribution >= 4 is 21.6 Å². The zero-order valence-electron chi connectivity index (χ0n) is 16.4. The summed E-state index contributed by atoms with van der Waals surface area (Å²) >= 11 is 1.37. The highest BCUT2D eigenvalue weighted by Gasteiger charge is 2.25. The molecule has 1 fully saturated rings. The Kier molecular flexibility index (Phi) is 4.92. The molecule has 1 N–H and O–H groups in total. The van der Waals surface area contributed by atoms with Crippen molar-refractivity contribution in [2.75, 3.05) is 13.1 Å². The summed E-state index contributed by atoms with van der Waals surface area (Å²) in [6, 6.07) is 8.16. The van der Waals surface area contributed by atoms with Gasteiger partial charge in [0, 0.05) is 10.8 Å². The van der Waals surface area contributed by atoms with Gasteiger partial charge < -0.3 is 9.51 Å². The molecule has 0 amide bonds. The lowest BCUT2D eigenvalue weighted by atomic mass is 9.97. The molecule has 4 aromatic rings. The number of nitrogens with zero attached hydrogens (tertiary/aromatic N) is 4. The maximum atomic E-state index is 13.2. The van der Waals surface area contributed by atoms with Gasteiger partial charge in [-0.1, -0.05) is 17.3 Å².